The Morgan fingerprint density at radius 1 is 0.889 bits per heavy atom. The normalized spacial score (nSPS) is 10.7. The first-order valence-corrected chi connectivity index (χ1v) is 6.76. The topological polar surface area (TPSA) is 85.4 Å². The molecule has 0 atom stereocenters. The van der Waals surface area contributed by atoms with E-state index in [0.29, 0.717) is 6.54 Å². The Hall–Kier alpha value is -0.690. The van der Waals surface area contributed by atoms with Crippen molar-refractivity contribution in [1.82, 2.24) is 21.3 Å². The van der Waals surface area contributed by atoms with Crippen molar-refractivity contribution in [3.8, 4) is 0 Å². The average Bonchev–Trinajstić information content (AvgIpc) is 2.34. The van der Waals surface area contributed by atoms with Crippen LogP contribution >= 0.6 is 0 Å². The summed E-state index contributed by atoms with van der Waals surface area (Å²) >= 11 is 0. The minimum absolute atomic E-state index is 0.194. The largest absolute Gasteiger partial charge is 0.481 e. The van der Waals surface area contributed by atoms with Gasteiger partial charge in [-0.15, -0.1) is 0 Å². The van der Waals surface area contributed by atoms with E-state index in [9.17, 15) is 4.79 Å². The summed E-state index contributed by atoms with van der Waals surface area (Å²) in [6.07, 6.45) is 3.83. The minimum atomic E-state index is -0.748. The molecule has 0 amide bonds. The number of aliphatic carboxylic acids is 1. The molecule has 0 aliphatic rings. The van der Waals surface area contributed by atoms with Crippen LogP contribution in [0.2, 0.25) is 0 Å². The van der Waals surface area contributed by atoms with Gasteiger partial charge in [-0.2, -0.15) is 0 Å². The van der Waals surface area contributed by atoms with Gasteiger partial charge in [0, 0.05) is 26.3 Å². The number of hydrogen-bond donors (Lipinski definition) is 5. The number of nitrogens with one attached hydrogen (secondary N) is 4. The molecule has 18 heavy (non-hydrogen) atoms. The monoisotopic (exact) mass is 260 g/mol. The van der Waals surface area contributed by atoms with Crippen molar-refractivity contribution >= 4 is 5.97 Å². The van der Waals surface area contributed by atoms with Crippen LogP contribution in [0, 0.1) is 0 Å². The average molecular weight is 260 g/mol. The van der Waals surface area contributed by atoms with Crippen LogP contribution in [-0.2, 0) is 4.79 Å². The standard InChI is InChI=1S/C12H28N4O2/c1-13-11-16-7-4-2-3-6-14-9-10-15-8-5-12(17)18/h13-16H,2-11H2,1H3,(H,17,18). The van der Waals surface area contributed by atoms with Crippen molar-refractivity contribution < 1.29 is 9.90 Å². The Labute approximate surface area is 110 Å². The van der Waals surface area contributed by atoms with Crippen molar-refractivity contribution in [2.75, 3.05) is 46.4 Å². The number of rotatable bonds is 14. The molecule has 0 saturated carbocycles. The van der Waals surface area contributed by atoms with Gasteiger partial charge in [0.25, 0.3) is 0 Å². The van der Waals surface area contributed by atoms with Crippen LogP contribution < -0.4 is 21.3 Å². The zero-order chi connectivity index (χ0) is 13.5. The molecule has 0 aliphatic carbocycles. The number of carboxylic acids is 1. The van der Waals surface area contributed by atoms with Crippen molar-refractivity contribution in [2.45, 2.75) is 25.7 Å². The van der Waals surface area contributed by atoms with Gasteiger partial charge in [-0.05, 0) is 33.0 Å². The zero-order valence-corrected chi connectivity index (χ0v) is 11.4. The summed E-state index contributed by atoms with van der Waals surface area (Å²) in [5, 5.41) is 21.2. The van der Waals surface area contributed by atoms with E-state index in [1.54, 1.807) is 0 Å². The highest BCUT2D eigenvalue weighted by Gasteiger charge is 1.94. The molecule has 0 spiro atoms. The van der Waals surface area contributed by atoms with Gasteiger partial charge in [0.15, 0.2) is 0 Å². The quantitative estimate of drug-likeness (QED) is 0.215. The summed E-state index contributed by atoms with van der Waals surface area (Å²) in [7, 11) is 1.93. The molecular weight excluding hydrogens is 232 g/mol. The molecule has 6 heteroatoms. The molecule has 0 fully saturated rings. The van der Waals surface area contributed by atoms with Gasteiger partial charge in [-0.3, -0.25) is 4.79 Å². The highest BCUT2D eigenvalue weighted by molar-refractivity contribution is 5.66. The third-order valence-corrected chi connectivity index (χ3v) is 2.50. The smallest absolute Gasteiger partial charge is 0.304 e. The Balaban J connectivity index is 2.92. The fourth-order valence-corrected chi connectivity index (χ4v) is 1.51. The number of carbonyl (C=O) groups is 1. The van der Waals surface area contributed by atoms with E-state index in [1.807, 2.05) is 7.05 Å². The van der Waals surface area contributed by atoms with Gasteiger partial charge in [-0.25, -0.2) is 0 Å². The lowest BCUT2D eigenvalue weighted by molar-refractivity contribution is -0.136. The van der Waals surface area contributed by atoms with E-state index in [2.05, 4.69) is 21.3 Å². The van der Waals surface area contributed by atoms with Crippen molar-refractivity contribution in [2.24, 2.45) is 0 Å². The molecule has 0 unspecified atom stereocenters. The van der Waals surface area contributed by atoms with E-state index in [0.717, 1.165) is 32.8 Å². The lowest BCUT2D eigenvalue weighted by Gasteiger charge is -2.06. The molecule has 108 valence electrons. The van der Waals surface area contributed by atoms with Crippen LogP contribution in [0.1, 0.15) is 25.7 Å². The predicted molar refractivity (Wildman–Crippen MR) is 73.8 cm³/mol. The summed E-state index contributed by atoms with van der Waals surface area (Å²) in [6, 6.07) is 0. The number of unbranched alkanes of at least 4 members (excludes halogenated alkanes) is 2. The number of carboxylic acid groups (broad SMARTS) is 1. The molecule has 0 heterocycles. The fourth-order valence-electron chi connectivity index (χ4n) is 1.51. The Morgan fingerprint density at radius 3 is 2.11 bits per heavy atom. The Kier molecular flexibility index (Phi) is 13.8. The number of hydrogen-bond acceptors (Lipinski definition) is 5. The van der Waals surface area contributed by atoms with Gasteiger partial charge in [0.1, 0.15) is 0 Å². The SMILES string of the molecule is CNCNCCCCCNCCNCCC(=O)O. The van der Waals surface area contributed by atoms with Crippen molar-refractivity contribution in [1.29, 1.82) is 0 Å². The second-order valence-electron chi connectivity index (χ2n) is 4.23. The van der Waals surface area contributed by atoms with Gasteiger partial charge in [-0.1, -0.05) is 6.42 Å². The maximum absolute atomic E-state index is 10.2. The highest BCUT2D eigenvalue weighted by Crippen LogP contribution is 1.91. The van der Waals surface area contributed by atoms with Crippen molar-refractivity contribution in [3.05, 3.63) is 0 Å². The van der Waals surface area contributed by atoms with E-state index in [4.69, 9.17) is 5.11 Å². The van der Waals surface area contributed by atoms with Gasteiger partial charge < -0.3 is 26.4 Å². The van der Waals surface area contributed by atoms with E-state index in [1.165, 1.54) is 19.3 Å². The minimum Gasteiger partial charge on any atom is -0.481 e. The first-order chi connectivity index (χ1) is 8.77. The summed E-state index contributed by atoms with van der Waals surface area (Å²) < 4.78 is 0. The second-order valence-corrected chi connectivity index (χ2v) is 4.23. The van der Waals surface area contributed by atoms with E-state index < -0.39 is 5.97 Å². The summed E-state index contributed by atoms with van der Waals surface area (Å²) in [4.78, 5) is 10.2. The lowest BCUT2D eigenvalue weighted by Crippen LogP contribution is -2.29. The van der Waals surface area contributed by atoms with Crippen LogP contribution in [-0.4, -0.2) is 57.5 Å². The van der Waals surface area contributed by atoms with Gasteiger partial charge in [0.2, 0.25) is 0 Å². The Bertz CT molecular complexity index is 191. The molecule has 0 saturated heterocycles. The molecule has 0 aromatic rings. The molecule has 6 nitrogen and oxygen atoms in total. The maximum atomic E-state index is 10.2. The molecular formula is C12H28N4O2. The van der Waals surface area contributed by atoms with Gasteiger partial charge in [0.05, 0.1) is 6.42 Å². The fraction of sp³-hybridized carbons (Fsp3) is 0.917. The van der Waals surface area contributed by atoms with Crippen LogP contribution in [0.3, 0.4) is 0 Å². The van der Waals surface area contributed by atoms with Crippen LogP contribution in [0.15, 0.2) is 0 Å². The molecule has 0 rings (SSSR count). The molecule has 5 N–H and O–H groups in total. The zero-order valence-electron chi connectivity index (χ0n) is 11.4. The molecule has 0 bridgehead atoms. The lowest BCUT2D eigenvalue weighted by atomic mass is 10.2. The second kappa shape index (κ2) is 14.4. The third kappa shape index (κ3) is 15.3. The summed E-state index contributed by atoms with van der Waals surface area (Å²) in [6.45, 7) is 5.26. The summed E-state index contributed by atoms with van der Waals surface area (Å²) in [5.41, 5.74) is 0. The highest BCUT2D eigenvalue weighted by atomic mass is 16.4. The van der Waals surface area contributed by atoms with Crippen LogP contribution in [0.5, 0.6) is 0 Å². The van der Waals surface area contributed by atoms with Crippen LogP contribution in [0.4, 0.5) is 0 Å². The van der Waals surface area contributed by atoms with Crippen LogP contribution in [0.25, 0.3) is 0 Å². The molecule has 0 aromatic heterocycles. The Morgan fingerprint density at radius 2 is 1.50 bits per heavy atom. The third-order valence-electron chi connectivity index (χ3n) is 2.50. The molecule has 0 radical (unpaired) electrons. The van der Waals surface area contributed by atoms with E-state index >= 15 is 0 Å². The van der Waals surface area contributed by atoms with E-state index in [-0.39, 0.29) is 6.42 Å². The summed E-state index contributed by atoms with van der Waals surface area (Å²) in [5.74, 6) is -0.748. The first kappa shape index (κ1) is 17.3. The van der Waals surface area contributed by atoms with Crippen molar-refractivity contribution in [3.63, 3.8) is 0 Å². The first-order valence-electron chi connectivity index (χ1n) is 6.76. The van der Waals surface area contributed by atoms with Gasteiger partial charge >= 0.3 is 5.97 Å². The molecule has 0 aromatic carbocycles. The predicted octanol–water partition coefficient (Wildman–Crippen LogP) is -0.423. The maximum Gasteiger partial charge on any atom is 0.304 e. The molecule has 0 aliphatic heterocycles.